The summed E-state index contributed by atoms with van der Waals surface area (Å²) in [5, 5.41) is 37.4. The van der Waals surface area contributed by atoms with Crippen molar-refractivity contribution in [3.8, 4) is 16.9 Å². The maximum atomic E-state index is 17.0. The first kappa shape index (κ1) is 60.0. The van der Waals surface area contributed by atoms with Gasteiger partial charge >= 0.3 is 0 Å². The zero-order chi connectivity index (χ0) is 57.7. The normalized spacial score (nSPS) is 14.5. The molecule has 1 atom stereocenters. The number of carbonyl (C=O) groups excluding carboxylic acids is 3. The third-order valence-corrected chi connectivity index (χ3v) is 15.6. The van der Waals surface area contributed by atoms with Gasteiger partial charge in [-0.1, -0.05) is 66.2 Å². The highest BCUT2D eigenvalue weighted by atomic mass is 35.5. The van der Waals surface area contributed by atoms with E-state index in [0.717, 1.165) is 26.6 Å². The highest BCUT2D eigenvalue weighted by Crippen LogP contribution is 2.43. The molecule has 0 spiro atoms. The van der Waals surface area contributed by atoms with Gasteiger partial charge in [0.25, 0.3) is 0 Å². The minimum atomic E-state index is -0.833. The molecular weight excluding hydrogens is 1100 g/mol. The number of thiophene rings is 1. The van der Waals surface area contributed by atoms with Gasteiger partial charge in [-0.05, 0) is 79.1 Å². The summed E-state index contributed by atoms with van der Waals surface area (Å²) in [7, 11) is 1.68. The van der Waals surface area contributed by atoms with Crippen molar-refractivity contribution in [1.82, 2.24) is 25.1 Å². The van der Waals surface area contributed by atoms with Crippen LogP contribution in [0.25, 0.3) is 32.8 Å². The monoisotopic (exact) mass is 1170 g/mol. The van der Waals surface area contributed by atoms with Crippen molar-refractivity contribution >= 4 is 108 Å². The average Bonchev–Trinajstić information content (AvgIpc) is 3.58. The molecule has 4 aromatic carbocycles. The number of rotatable bonds is 25. The second-order valence-corrected chi connectivity index (χ2v) is 21.4. The summed E-state index contributed by atoms with van der Waals surface area (Å²) in [6.45, 7) is 14.1. The van der Waals surface area contributed by atoms with E-state index in [1.807, 2.05) is 55.1 Å². The summed E-state index contributed by atoms with van der Waals surface area (Å²) in [5.74, 6) is -0.632. The Kier molecular flexibility index (Phi) is 20.8. The lowest BCUT2D eigenvalue weighted by Crippen LogP contribution is -2.48. The van der Waals surface area contributed by atoms with E-state index in [2.05, 4.69) is 22.2 Å². The average molecular weight is 1170 g/mol. The molecule has 5 N–H and O–H groups in total. The molecule has 0 unspecified atom stereocenters. The van der Waals surface area contributed by atoms with Crippen molar-refractivity contribution in [2.75, 3.05) is 121 Å². The van der Waals surface area contributed by atoms with Gasteiger partial charge in [-0.3, -0.25) is 35.1 Å². The number of phenols is 1. The van der Waals surface area contributed by atoms with E-state index in [4.69, 9.17) is 62.9 Å². The highest BCUT2D eigenvalue weighted by Gasteiger charge is 2.35. The van der Waals surface area contributed by atoms with Gasteiger partial charge in [0.15, 0.2) is 5.82 Å². The van der Waals surface area contributed by atoms with E-state index < -0.39 is 11.9 Å². The Labute approximate surface area is 483 Å². The molecule has 0 bridgehead atoms. The first-order chi connectivity index (χ1) is 39.0. The van der Waals surface area contributed by atoms with Crippen LogP contribution in [0.1, 0.15) is 41.3 Å². The number of halogens is 3. The minimum absolute atomic E-state index is 0.00212. The van der Waals surface area contributed by atoms with Gasteiger partial charge < -0.3 is 49.4 Å². The number of anilines is 3. The van der Waals surface area contributed by atoms with Gasteiger partial charge in [0.2, 0.25) is 23.7 Å². The van der Waals surface area contributed by atoms with E-state index >= 15 is 4.39 Å². The summed E-state index contributed by atoms with van der Waals surface area (Å²) in [6.07, 6.45) is 1.28. The van der Waals surface area contributed by atoms with Crippen molar-refractivity contribution in [3.05, 3.63) is 117 Å². The lowest BCUT2D eigenvalue weighted by Gasteiger charge is -2.35. The van der Waals surface area contributed by atoms with Gasteiger partial charge in [-0.25, -0.2) is 9.37 Å². The Bertz CT molecular complexity index is 3340. The summed E-state index contributed by atoms with van der Waals surface area (Å²) < 4.78 is 39.6. The van der Waals surface area contributed by atoms with Crippen molar-refractivity contribution < 1.29 is 42.8 Å². The third kappa shape index (κ3) is 14.7. The fourth-order valence-electron chi connectivity index (χ4n) is 9.47. The number of amides is 3. The number of nitrogens with zero attached hydrogens (tertiary/aromatic N) is 7. The smallest absolute Gasteiger partial charge is 0.246 e. The molecule has 0 radical (unpaired) electrons. The number of benzene rings is 4. The number of nitrogens with one attached hydrogen (secondary N) is 4. The number of aliphatic imine (C=N–C) groups is 1. The molecule has 81 heavy (non-hydrogen) atoms. The number of carbonyl (C=O) groups is 3. The second kappa shape index (κ2) is 28.0. The zero-order valence-corrected chi connectivity index (χ0v) is 48.0. The predicted molar refractivity (Wildman–Crippen MR) is 318 cm³/mol. The maximum absolute atomic E-state index is 17.0. The highest BCUT2D eigenvalue weighted by molar-refractivity contribution is 7.17. The van der Waals surface area contributed by atoms with Gasteiger partial charge in [0, 0.05) is 91.3 Å². The van der Waals surface area contributed by atoms with Crippen molar-refractivity contribution in [2.24, 2.45) is 4.99 Å². The van der Waals surface area contributed by atoms with Crippen molar-refractivity contribution in [1.29, 1.82) is 10.8 Å². The van der Waals surface area contributed by atoms with Gasteiger partial charge in [-0.2, -0.15) is 4.98 Å². The van der Waals surface area contributed by atoms with E-state index in [-0.39, 0.29) is 96.3 Å². The molecule has 428 valence electrons. The van der Waals surface area contributed by atoms with Crippen LogP contribution in [0.4, 0.5) is 21.2 Å². The number of phenolic OH excluding ortho intramolecular Hbond substituents is 1. The maximum Gasteiger partial charge on any atom is 0.246 e. The van der Waals surface area contributed by atoms with E-state index in [1.54, 1.807) is 52.9 Å². The second-order valence-electron chi connectivity index (χ2n) is 19.3. The number of hydrogen-bond donors (Lipinski definition) is 5. The molecule has 0 aliphatic carbocycles. The Morgan fingerprint density at radius 3 is 2.23 bits per heavy atom. The van der Waals surface area contributed by atoms with Crippen LogP contribution in [-0.4, -0.2) is 172 Å². The fourth-order valence-corrected chi connectivity index (χ4v) is 11.1. The first-order valence-corrected chi connectivity index (χ1v) is 28.1. The molecule has 19 nitrogen and oxygen atoms in total. The van der Waals surface area contributed by atoms with Crippen LogP contribution in [0.2, 0.25) is 10.0 Å². The quantitative estimate of drug-likeness (QED) is 0.0157. The van der Waals surface area contributed by atoms with Crippen molar-refractivity contribution in [3.63, 3.8) is 0 Å². The number of piperazine rings is 1. The number of hydrogen-bond acceptors (Lipinski definition) is 16. The molecule has 23 heteroatoms. The third-order valence-electron chi connectivity index (χ3n) is 13.8. The fraction of sp³-hybridized carbons (Fsp3) is 0.379. The summed E-state index contributed by atoms with van der Waals surface area (Å²) in [6, 6.07) is 18.5. The lowest BCUT2D eigenvalue weighted by molar-refractivity contribution is -0.130. The van der Waals surface area contributed by atoms with Crippen LogP contribution in [0.3, 0.4) is 0 Å². The first-order valence-electron chi connectivity index (χ1n) is 26.6. The number of likely N-dealkylation sites (N-methyl/N-ethyl adjacent to an activating group) is 1. The molecule has 2 aromatic heterocycles. The van der Waals surface area contributed by atoms with Gasteiger partial charge in [-0.15, -0.1) is 11.3 Å². The lowest BCUT2D eigenvalue weighted by atomic mass is 9.96. The Hall–Kier alpha value is -7.11. The number of ether oxygens (including phenoxy) is 4. The van der Waals surface area contributed by atoms with E-state index in [0.29, 0.717) is 111 Å². The molecule has 2 aliphatic rings. The number of aryl methyl sites for hydroxylation is 1. The van der Waals surface area contributed by atoms with Gasteiger partial charge in [0.05, 0.1) is 70.0 Å². The Balaban J connectivity index is 0.720. The molecule has 6 aromatic rings. The van der Waals surface area contributed by atoms with Crippen LogP contribution >= 0.6 is 34.5 Å². The van der Waals surface area contributed by atoms with Crippen LogP contribution < -0.4 is 20.4 Å². The minimum Gasteiger partial charge on any atom is -0.508 e. The van der Waals surface area contributed by atoms with Gasteiger partial charge in [0.1, 0.15) is 39.8 Å². The van der Waals surface area contributed by atoms with E-state index in [1.165, 1.54) is 23.5 Å². The molecule has 0 saturated carbocycles. The van der Waals surface area contributed by atoms with E-state index in [9.17, 15) is 19.5 Å². The number of aromatic nitrogens is 2. The summed E-state index contributed by atoms with van der Waals surface area (Å²) in [5.41, 5.74) is 3.79. The standard InChI is InChI=1S/C58H66Cl2FN11O8S/c1-6-48(75)70-18-20-71(21-19-70)56-44-33-45(60)51(43-32-41(73)31-39-9-7-8-10-42(39)43)52(61)54(44)67-58(68-56)65-16-15-49(76)69(5)22-24-78-26-28-80-30-29-79-27-25-77-23-17-64-47(74)34-46-55(63)72(37(4)62)57-50(35(2)36(3)81-57)53(66-46)38-11-13-40(59)14-12-38/h6-14,31-33,46,62-63,73H,1,15-30,34H2,2-5H3,(H,64,74)(H,65,67,68)/t46-/m0/s1. The van der Waals surface area contributed by atoms with Crippen LogP contribution in [0.5, 0.6) is 5.75 Å². The summed E-state index contributed by atoms with van der Waals surface area (Å²) >= 11 is 14.6. The molecule has 4 heterocycles. The van der Waals surface area contributed by atoms with Crippen molar-refractivity contribution in [2.45, 2.75) is 39.7 Å². The Morgan fingerprint density at radius 2 is 1.56 bits per heavy atom. The zero-order valence-electron chi connectivity index (χ0n) is 45.7. The van der Waals surface area contributed by atoms with Crippen LogP contribution in [0, 0.1) is 30.5 Å². The molecule has 1 saturated heterocycles. The molecule has 1 fully saturated rings. The largest absolute Gasteiger partial charge is 0.508 e. The number of aromatic hydroxyl groups is 1. The van der Waals surface area contributed by atoms with Crippen LogP contribution in [0.15, 0.2) is 84.4 Å². The molecule has 3 amide bonds. The predicted octanol–water partition coefficient (Wildman–Crippen LogP) is 8.65. The number of fused-ring (bicyclic) bond motifs is 3. The molecule has 8 rings (SSSR count). The summed E-state index contributed by atoms with van der Waals surface area (Å²) in [4.78, 5) is 60.9. The Morgan fingerprint density at radius 1 is 0.889 bits per heavy atom. The molecule has 2 aliphatic heterocycles. The van der Waals surface area contributed by atoms with Crippen LogP contribution in [-0.2, 0) is 33.3 Å². The topological polar surface area (TPSA) is 231 Å². The number of amidine groups is 2. The SMILES string of the molecule is C=CC(=O)N1CCN(c2nc(NCCC(=O)N(C)CCOCCOCCOCCOCCNC(=O)C[C@@H]3N=C(c4ccc(Cl)cc4)c4c(sc(C)c4C)N(C(C)=N)C3=N)nc3c(F)c(-c4cc(O)cc5ccccc45)c(Cl)cc23)CC1. The molecular formula is C58H66Cl2FN11O8S.